The highest BCUT2D eigenvalue weighted by atomic mass is 79.9. The standard InChI is InChI=1S/C11H12N2.BrH/c1-8-7-9(2)13-11-6-4-3-5-10(11)12-8;/h3-7,12H,1-2H3;1H. The van der Waals surface area contributed by atoms with Crippen molar-refractivity contribution in [2.24, 2.45) is 4.99 Å². The summed E-state index contributed by atoms with van der Waals surface area (Å²) in [4.78, 5) is 4.47. The number of halogens is 1. The fraction of sp³-hybridized carbons (Fsp3) is 0.182. The summed E-state index contributed by atoms with van der Waals surface area (Å²) in [7, 11) is 0. The van der Waals surface area contributed by atoms with E-state index in [1.54, 1.807) is 0 Å². The zero-order valence-corrected chi connectivity index (χ0v) is 9.96. The lowest BCUT2D eigenvalue weighted by Gasteiger charge is -2.05. The average Bonchev–Trinajstić information content (AvgIpc) is 2.20. The van der Waals surface area contributed by atoms with E-state index in [0.717, 1.165) is 22.8 Å². The van der Waals surface area contributed by atoms with Crippen molar-refractivity contribution in [1.29, 1.82) is 0 Å². The molecule has 1 heterocycles. The topological polar surface area (TPSA) is 24.4 Å². The number of nitrogens with one attached hydrogen (secondary N) is 1. The van der Waals surface area contributed by atoms with E-state index < -0.39 is 0 Å². The summed E-state index contributed by atoms with van der Waals surface area (Å²) < 4.78 is 0. The highest BCUT2D eigenvalue weighted by Gasteiger charge is 2.04. The molecule has 1 aromatic carbocycles. The first-order chi connectivity index (χ1) is 6.25. The van der Waals surface area contributed by atoms with Crippen LogP contribution in [0.15, 0.2) is 41.0 Å². The smallest absolute Gasteiger partial charge is 0.0867 e. The lowest BCUT2D eigenvalue weighted by Crippen LogP contribution is -1.94. The van der Waals surface area contributed by atoms with Gasteiger partial charge in [-0.25, -0.2) is 0 Å². The van der Waals surface area contributed by atoms with Gasteiger partial charge in [0, 0.05) is 11.4 Å². The molecule has 0 amide bonds. The Morgan fingerprint density at radius 1 is 1.14 bits per heavy atom. The van der Waals surface area contributed by atoms with Crippen molar-refractivity contribution in [3.05, 3.63) is 36.0 Å². The number of allylic oxidation sites excluding steroid dienone is 2. The van der Waals surface area contributed by atoms with Gasteiger partial charge in [0.15, 0.2) is 0 Å². The van der Waals surface area contributed by atoms with Crippen molar-refractivity contribution in [3.63, 3.8) is 0 Å². The molecule has 0 unspecified atom stereocenters. The highest BCUT2D eigenvalue weighted by molar-refractivity contribution is 8.93. The van der Waals surface area contributed by atoms with Crippen LogP contribution < -0.4 is 5.32 Å². The summed E-state index contributed by atoms with van der Waals surface area (Å²) >= 11 is 0. The first-order valence-corrected chi connectivity index (χ1v) is 4.35. The van der Waals surface area contributed by atoms with Crippen molar-refractivity contribution in [1.82, 2.24) is 0 Å². The zero-order chi connectivity index (χ0) is 9.26. The van der Waals surface area contributed by atoms with Crippen molar-refractivity contribution >= 4 is 34.1 Å². The third-order valence-corrected chi connectivity index (χ3v) is 1.96. The summed E-state index contributed by atoms with van der Waals surface area (Å²) in [5, 5.41) is 3.30. The minimum absolute atomic E-state index is 0. The molecule has 74 valence electrons. The van der Waals surface area contributed by atoms with E-state index in [1.807, 2.05) is 44.2 Å². The SMILES string of the molecule is Br.CC1=CC(C)=Nc2ccccc2N1. The molecule has 1 aliphatic rings. The molecule has 0 fully saturated rings. The Bertz CT molecular complexity index is 394. The Labute approximate surface area is 94.5 Å². The van der Waals surface area contributed by atoms with E-state index in [9.17, 15) is 0 Å². The number of hydrogen-bond acceptors (Lipinski definition) is 2. The number of aliphatic imine (C=N–C) groups is 1. The maximum atomic E-state index is 4.47. The van der Waals surface area contributed by atoms with Gasteiger partial charge in [-0.05, 0) is 32.1 Å². The van der Waals surface area contributed by atoms with Crippen molar-refractivity contribution in [2.75, 3.05) is 5.32 Å². The quantitative estimate of drug-likeness (QED) is 0.749. The third-order valence-electron chi connectivity index (χ3n) is 1.96. The van der Waals surface area contributed by atoms with Crippen molar-refractivity contribution in [2.45, 2.75) is 13.8 Å². The van der Waals surface area contributed by atoms with Crippen LogP contribution in [0, 0.1) is 0 Å². The van der Waals surface area contributed by atoms with Crippen LogP contribution in [0.2, 0.25) is 0 Å². The van der Waals surface area contributed by atoms with Gasteiger partial charge in [0.05, 0.1) is 11.4 Å². The van der Waals surface area contributed by atoms with Crippen molar-refractivity contribution < 1.29 is 0 Å². The predicted octanol–water partition coefficient (Wildman–Crippen LogP) is 3.69. The van der Waals surface area contributed by atoms with Crippen LogP contribution in [0.25, 0.3) is 0 Å². The fourth-order valence-corrected chi connectivity index (χ4v) is 1.46. The van der Waals surface area contributed by atoms with E-state index in [0.29, 0.717) is 0 Å². The molecule has 2 nitrogen and oxygen atoms in total. The van der Waals surface area contributed by atoms with Gasteiger partial charge in [0.2, 0.25) is 0 Å². The lowest BCUT2D eigenvalue weighted by atomic mass is 10.2. The largest absolute Gasteiger partial charge is 0.357 e. The Balaban J connectivity index is 0.000000980. The van der Waals surface area contributed by atoms with Gasteiger partial charge >= 0.3 is 0 Å². The fourth-order valence-electron chi connectivity index (χ4n) is 1.46. The van der Waals surface area contributed by atoms with Gasteiger partial charge in [-0.1, -0.05) is 12.1 Å². The number of fused-ring (bicyclic) bond motifs is 1. The van der Waals surface area contributed by atoms with Crippen LogP contribution in [0.3, 0.4) is 0 Å². The van der Waals surface area contributed by atoms with Gasteiger partial charge in [-0.2, -0.15) is 0 Å². The van der Waals surface area contributed by atoms with Crippen LogP contribution in [-0.2, 0) is 0 Å². The monoisotopic (exact) mass is 252 g/mol. The molecule has 0 bridgehead atoms. The molecule has 0 aliphatic carbocycles. The van der Waals surface area contributed by atoms with E-state index in [1.165, 1.54) is 0 Å². The molecule has 0 saturated carbocycles. The van der Waals surface area contributed by atoms with E-state index in [-0.39, 0.29) is 17.0 Å². The lowest BCUT2D eigenvalue weighted by molar-refractivity contribution is 1.39. The predicted molar refractivity (Wildman–Crippen MR) is 66.9 cm³/mol. The van der Waals surface area contributed by atoms with Crippen LogP contribution in [0.5, 0.6) is 0 Å². The van der Waals surface area contributed by atoms with Gasteiger partial charge < -0.3 is 5.32 Å². The second-order valence-corrected chi connectivity index (χ2v) is 3.22. The van der Waals surface area contributed by atoms with E-state index in [2.05, 4.69) is 10.3 Å². The Morgan fingerprint density at radius 3 is 2.64 bits per heavy atom. The molecule has 14 heavy (non-hydrogen) atoms. The highest BCUT2D eigenvalue weighted by Crippen LogP contribution is 2.27. The normalized spacial score (nSPS) is 13.9. The van der Waals surface area contributed by atoms with Crippen molar-refractivity contribution in [3.8, 4) is 0 Å². The van der Waals surface area contributed by atoms with Gasteiger partial charge in [0.1, 0.15) is 0 Å². The second-order valence-electron chi connectivity index (χ2n) is 3.22. The Morgan fingerprint density at radius 2 is 1.86 bits per heavy atom. The molecule has 0 radical (unpaired) electrons. The van der Waals surface area contributed by atoms with Crippen LogP contribution in [0.1, 0.15) is 13.8 Å². The maximum absolute atomic E-state index is 4.47. The van der Waals surface area contributed by atoms with E-state index in [4.69, 9.17) is 0 Å². The van der Waals surface area contributed by atoms with Gasteiger partial charge in [-0.3, -0.25) is 4.99 Å². The number of hydrogen-bond donors (Lipinski definition) is 1. The molecule has 0 spiro atoms. The second kappa shape index (κ2) is 4.42. The molecule has 2 rings (SSSR count). The Kier molecular flexibility index (Phi) is 3.47. The number of nitrogens with zero attached hydrogens (tertiary/aromatic N) is 1. The first-order valence-electron chi connectivity index (χ1n) is 4.35. The molecule has 1 aliphatic heterocycles. The molecule has 0 saturated heterocycles. The van der Waals surface area contributed by atoms with Crippen LogP contribution in [0.4, 0.5) is 11.4 Å². The average molecular weight is 253 g/mol. The molecule has 0 atom stereocenters. The summed E-state index contributed by atoms with van der Waals surface area (Å²) in [6, 6.07) is 8.06. The van der Waals surface area contributed by atoms with Gasteiger partial charge in [0.25, 0.3) is 0 Å². The van der Waals surface area contributed by atoms with Crippen LogP contribution >= 0.6 is 17.0 Å². The summed E-state index contributed by atoms with van der Waals surface area (Å²) in [5.74, 6) is 0. The summed E-state index contributed by atoms with van der Waals surface area (Å²) in [5.41, 5.74) is 4.25. The summed E-state index contributed by atoms with van der Waals surface area (Å²) in [6.45, 7) is 4.05. The number of benzene rings is 1. The summed E-state index contributed by atoms with van der Waals surface area (Å²) in [6.07, 6.45) is 2.04. The number of rotatable bonds is 0. The molecular weight excluding hydrogens is 240 g/mol. The molecule has 0 aromatic heterocycles. The molecular formula is C11H13BrN2. The molecule has 1 N–H and O–H groups in total. The number of anilines is 1. The molecule has 3 heteroatoms. The minimum Gasteiger partial charge on any atom is -0.357 e. The third kappa shape index (κ3) is 2.23. The number of para-hydroxylation sites is 2. The minimum atomic E-state index is 0. The van der Waals surface area contributed by atoms with E-state index >= 15 is 0 Å². The van der Waals surface area contributed by atoms with Gasteiger partial charge in [-0.15, -0.1) is 17.0 Å². The van der Waals surface area contributed by atoms with Crippen LogP contribution in [-0.4, -0.2) is 5.71 Å². The zero-order valence-electron chi connectivity index (χ0n) is 8.24. The maximum Gasteiger partial charge on any atom is 0.0867 e. The molecule has 1 aromatic rings. The first kappa shape index (κ1) is 11.0. The Hall–Kier alpha value is -1.09.